The molecule has 6 fully saturated rings. The molecule has 440 valence electrons. The molecule has 0 aromatic heterocycles. The largest absolute Gasteiger partial charge is 0.394 e. The number of ether oxygens (including phenoxy) is 11. The smallest absolute Gasteiger partial charge is 0.217 e. The summed E-state index contributed by atoms with van der Waals surface area (Å²) in [5, 5.41) is 188. The number of amides is 3. The lowest BCUT2D eigenvalue weighted by molar-refractivity contribution is -0.361. The summed E-state index contributed by atoms with van der Waals surface area (Å²) in [5.74, 6) is -2.35. The zero-order valence-electron chi connectivity index (χ0n) is 40.9. The molecule has 76 heavy (non-hydrogen) atoms. The molecule has 6 rings (SSSR count). The fraction of sp³-hybridized carbons (Fsp3) is 0.929. The molecular formula is C42H71N3O31. The zero-order valence-corrected chi connectivity index (χ0v) is 40.9. The van der Waals surface area contributed by atoms with Crippen LogP contribution >= 0.6 is 0 Å². The van der Waals surface area contributed by atoms with Gasteiger partial charge in [-0.1, -0.05) is 0 Å². The van der Waals surface area contributed by atoms with Crippen LogP contribution in [0, 0.1) is 0 Å². The van der Waals surface area contributed by atoms with Crippen molar-refractivity contribution in [2.75, 3.05) is 39.6 Å². The molecule has 6 saturated heterocycles. The minimum atomic E-state index is -2.16. The standard InChI is InChI=1S/C42H71N3O31/c1-10(50)43-19-26(57)34(74-40-31(62)28(59)22(53)13(4-46)69-40)15(6-48)71-38(19)66-8-17-24(55)30(61)33(64)42(73-17)76-36-21(45-12(3)52)37(65)68-18(25(36)56)9-67-39-20(44-11(2)51)27(58)35(16(7-49)72-39)75-41-32(63)29(60)23(54)14(5-47)70-41/h13-42,46-49,53-65H,4-9H2,1-3H3,(H,43,50)(H,44,51)(H,45,52)/t13-,14-,15-,16-,17-,18-,19-,20-,21-,22+,23+,24+,25+,26-,27-,28+,29+,30+,31-,32-,33-,34-,35-,36-,37+,38-,39-,40+,41+,42+/m1/s1. The quantitative estimate of drug-likeness (QED) is 0.0571. The van der Waals surface area contributed by atoms with Gasteiger partial charge in [0.15, 0.2) is 37.7 Å². The maximum absolute atomic E-state index is 12.4. The van der Waals surface area contributed by atoms with Gasteiger partial charge in [0.05, 0.1) is 39.6 Å². The number of nitrogens with one attached hydrogen (secondary N) is 3. The Labute approximate surface area is 431 Å². The van der Waals surface area contributed by atoms with Gasteiger partial charge in [0.1, 0.15) is 146 Å². The maximum atomic E-state index is 12.4. The van der Waals surface area contributed by atoms with Gasteiger partial charge in [0.25, 0.3) is 0 Å². The Morgan fingerprint density at radius 2 is 0.645 bits per heavy atom. The second-order valence-electron chi connectivity index (χ2n) is 19.0. The molecule has 0 radical (unpaired) electrons. The highest BCUT2D eigenvalue weighted by Gasteiger charge is 2.56. The molecule has 0 bridgehead atoms. The molecular weight excluding hydrogens is 1040 g/mol. The van der Waals surface area contributed by atoms with Gasteiger partial charge in [-0.05, 0) is 0 Å². The lowest BCUT2D eigenvalue weighted by atomic mass is 9.94. The van der Waals surface area contributed by atoms with Crippen molar-refractivity contribution in [1.29, 1.82) is 0 Å². The Morgan fingerprint density at radius 1 is 0.342 bits per heavy atom. The van der Waals surface area contributed by atoms with E-state index >= 15 is 0 Å². The first-order valence-electron chi connectivity index (χ1n) is 24.1. The van der Waals surface area contributed by atoms with Crippen LogP contribution in [0.3, 0.4) is 0 Å². The van der Waals surface area contributed by atoms with E-state index in [1.54, 1.807) is 0 Å². The molecule has 0 unspecified atom stereocenters. The summed E-state index contributed by atoms with van der Waals surface area (Å²) in [5.41, 5.74) is 0. The van der Waals surface area contributed by atoms with E-state index in [0.717, 1.165) is 20.8 Å². The number of hydrogen-bond donors (Lipinski definition) is 20. The van der Waals surface area contributed by atoms with Gasteiger partial charge in [0, 0.05) is 20.8 Å². The molecule has 30 atom stereocenters. The van der Waals surface area contributed by atoms with Gasteiger partial charge in [-0.3, -0.25) is 14.4 Å². The molecule has 34 nitrogen and oxygen atoms in total. The van der Waals surface area contributed by atoms with E-state index in [-0.39, 0.29) is 0 Å². The number of aliphatic hydroxyl groups is 17. The van der Waals surface area contributed by atoms with Crippen molar-refractivity contribution in [3.05, 3.63) is 0 Å². The van der Waals surface area contributed by atoms with E-state index in [1.807, 2.05) is 0 Å². The van der Waals surface area contributed by atoms with Gasteiger partial charge in [-0.25, -0.2) is 0 Å². The van der Waals surface area contributed by atoms with Crippen LogP contribution in [-0.4, -0.2) is 328 Å². The molecule has 0 saturated carbocycles. The first-order chi connectivity index (χ1) is 35.9. The molecule has 20 N–H and O–H groups in total. The minimum absolute atomic E-state index is 0.771. The summed E-state index contributed by atoms with van der Waals surface area (Å²) in [7, 11) is 0. The third-order valence-corrected chi connectivity index (χ3v) is 13.6. The van der Waals surface area contributed by atoms with E-state index in [2.05, 4.69) is 16.0 Å². The number of aliphatic hydroxyl groups excluding tert-OH is 17. The zero-order chi connectivity index (χ0) is 56.2. The van der Waals surface area contributed by atoms with Crippen LogP contribution in [0.5, 0.6) is 0 Å². The molecule has 0 aliphatic carbocycles. The fourth-order valence-electron chi connectivity index (χ4n) is 9.52. The van der Waals surface area contributed by atoms with Crippen molar-refractivity contribution >= 4 is 17.7 Å². The Bertz CT molecular complexity index is 1870. The molecule has 0 spiro atoms. The third-order valence-electron chi connectivity index (χ3n) is 13.6. The van der Waals surface area contributed by atoms with E-state index in [4.69, 9.17) is 52.1 Å². The maximum Gasteiger partial charge on any atom is 0.217 e. The Morgan fingerprint density at radius 3 is 1.00 bits per heavy atom. The second kappa shape index (κ2) is 27.2. The SMILES string of the molecule is CC(=O)N[C@@H]1[C@@H](O[C@@H]2O[C@H](CO[C@@H]3O[C@H](CO)[C@@H](O[C@@H]4O[C@H](CO)[C@H](O)[C@H](O)[C@H]4O)[C@H](O)[C@H]3NC(C)=O)[C@H](O)[C@H](O)[C@H]2O)[C@@H](O)[C@@H](CO[C@@H]2O[C@H](CO)[C@@H](O[C@@H]3O[C@H](CO)[C@H](O)[C@H](O)[C@H]3O)[C@H](O)[C@H]2NC(C)=O)O[C@@H]1O. The monoisotopic (exact) mass is 1110 g/mol. The predicted octanol–water partition coefficient (Wildman–Crippen LogP) is -13.7. The molecule has 0 aromatic carbocycles. The van der Waals surface area contributed by atoms with E-state index in [9.17, 15) is 101 Å². The normalized spacial score (nSPS) is 48.2. The summed E-state index contributed by atoms with van der Waals surface area (Å²) in [6, 6.07) is -4.90. The van der Waals surface area contributed by atoms with Crippen LogP contribution in [-0.2, 0) is 66.5 Å². The number of rotatable bonds is 19. The van der Waals surface area contributed by atoms with Gasteiger partial charge >= 0.3 is 0 Å². The van der Waals surface area contributed by atoms with Gasteiger partial charge in [-0.2, -0.15) is 0 Å². The van der Waals surface area contributed by atoms with Crippen molar-refractivity contribution in [1.82, 2.24) is 16.0 Å². The number of hydrogen-bond acceptors (Lipinski definition) is 31. The van der Waals surface area contributed by atoms with Gasteiger partial charge in [0.2, 0.25) is 17.7 Å². The molecule has 34 heteroatoms. The third kappa shape index (κ3) is 13.9. The van der Waals surface area contributed by atoms with Crippen molar-refractivity contribution < 1.29 is 153 Å². The fourth-order valence-corrected chi connectivity index (χ4v) is 9.52. The summed E-state index contributed by atoms with van der Waals surface area (Å²) in [6.45, 7) is -2.10. The Kier molecular flexibility index (Phi) is 22.3. The summed E-state index contributed by atoms with van der Waals surface area (Å²) in [4.78, 5) is 37.1. The molecule has 6 aliphatic rings. The van der Waals surface area contributed by atoms with Gasteiger partial charge in [-0.15, -0.1) is 0 Å². The van der Waals surface area contributed by atoms with E-state index in [0.29, 0.717) is 0 Å². The van der Waals surface area contributed by atoms with E-state index in [1.165, 1.54) is 0 Å². The average molecular weight is 1110 g/mol. The molecule has 6 aliphatic heterocycles. The van der Waals surface area contributed by atoms with Crippen LogP contribution in [0.2, 0.25) is 0 Å². The predicted molar refractivity (Wildman–Crippen MR) is 234 cm³/mol. The van der Waals surface area contributed by atoms with Crippen molar-refractivity contribution in [3.63, 3.8) is 0 Å². The average Bonchev–Trinajstić information content (AvgIpc) is 3.37. The Balaban J connectivity index is 1.15. The van der Waals surface area contributed by atoms with Crippen molar-refractivity contribution in [2.24, 2.45) is 0 Å². The van der Waals surface area contributed by atoms with E-state index < -0.39 is 241 Å². The van der Waals surface area contributed by atoms with Crippen LogP contribution in [0.15, 0.2) is 0 Å². The van der Waals surface area contributed by atoms with Gasteiger partial charge < -0.3 is 155 Å². The van der Waals surface area contributed by atoms with Crippen molar-refractivity contribution in [2.45, 2.75) is 205 Å². The first-order valence-corrected chi connectivity index (χ1v) is 24.1. The minimum Gasteiger partial charge on any atom is -0.394 e. The number of carbonyl (C=O) groups is 3. The highest BCUT2D eigenvalue weighted by atomic mass is 16.8. The second-order valence-corrected chi connectivity index (χ2v) is 19.0. The van der Waals surface area contributed by atoms with Crippen LogP contribution in [0.1, 0.15) is 20.8 Å². The first kappa shape index (κ1) is 62.5. The van der Waals surface area contributed by atoms with Crippen LogP contribution in [0.4, 0.5) is 0 Å². The molecule has 0 aromatic rings. The highest BCUT2D eigenvalue weighted by Crippen LogP contribution is 2.35. The highest BCUT2D eigenvalue weighted by molar-refractivity contribution is 5.74. The number of carbonyl (C=O) groups excluding carboxylic acids is 3. The van der Waals surface area contributed by atoms with Crippen LogP contribution in [0.25, 0.3) is 0 Å². The lowest BCUT2D eigenvalue weighted by Crippen LogP contribution is -2.69. The summed E-state index contributed by atoms with van der Waals surface area (Å²) in [6.07, 6.45) is -49.4. The van der Waals surface area contributed by atoms with Crippen LogP contribution < -0.4 is 16.0 Å². The topological polar surface area (TPSA) is 533 Å². The Hall–Kier alpha value is -2.71. The summed E-state index contributed by atoms with van der Waals surface area (Å²) >= 11 is 0. The lowest BCUT2D eigenvalue weighted by Gasteiger charge is -2.48. The summed E-state index contributed by atoms with van der Waals surface area (Å²) < 4.78 is 62.6. The molecule has 3 amide bonds. The van der Waals surface area contributed by atoms with Crippen molar-refractivity contribution in [3.8, 4) is 0 Å². The molecule has 6 heterocycles.